The van der Waals surface area contributed by atoms with E-state index in [1.165, 1.54) is 31.9 Å². The Morgan fingerprint density at radius 3 is 2.45 bits per heavy atom. The van der Waals surface area contributed by atoms with Gasteiger partial charge in [-0.15, -0.1) is 0 Å². The van der Waals surface area contributed by atoms with Crippen molar-refractivity contribution < 1.29 is 44.0 Å². The molecule has 284 valence electrons. The van der Waals surface area contributed by atoms with Crippen LogP contribution < -0.4 is 26.8 Å². The molecule has 1 saturated carbocycles. The van der Waals surface area contributed by atoms with Gasteiger partial charge in [-0.3, -0.25) is 24.3 Å². The highest BCUT2D eigenvalue weighted by atomic mass is 16.6. The fraction of sp³-hybridized carbons (Fsp3) is 0.629. The highest BCUT2D eigenvalue weighted by Crippen LogP contribution is 2.58. The summed E-state index contributed by atoms with van der Waals surface area (Å²) in [7, 11) is 3.01. The predicted octanol–water partition coefficient (Wildman–Crippen LogP) is 1.31. The van der Waals surface area contributed by atoms with Crippen molar-refractivity contribution in [2.75, 3.05) is 53.4 Å². The molecule has 1 aliphatic heterocycles. The monoisotopic (exact) mass is 717 g/mol. The largest absolute Gasteiger partial charge is 0.504 e. The molecule has 16 nitrogen and oxygen atoms in total. The average molecular weight is 718 g/mol. The first-order chi connectivity index (χ1) is 24.1. The molecule has 1 aromatic rings. The molecule has 0 radical (unpaired) electrons. The number of nitrogens with two attached hydrogens (primary N) is 2. The normalized spacial score (nSPS) is 22.5. The number of likely N-dealkylation sites (N-methyl/N-ethyl adjacent to an activating group) is 1. The van der Waals surface area contributed by atoms with Crippen molar-refractivity contribution in [3.63, 3.8) is 0 Å². The minimum Gasteiger partial charge on any atom is -0.504 e. The van der Waals surface area contributed by atoms with Gasteiger partial charge >= 0.3 is 12.1 Å². The van der Waals surface area contributed by atoms with Crippen LogP contribution in [0.4, 0.5) is 4.79 Å². The van der Waals surface area contributed by atoms with Crippen LogP contribution in [0.5, 0.6) is 11.5 Å². The van der Waals surface area contributed by atoms with Gasteiger partial charge in [-0.1, -0.05) is 13.0 Å². The number of allylic oxidation sites excluding steroid dienone is 1. The number of carboxylic acid groups (broad SMARTS) is 1. The number of phenolic OH excluding ortho intramolecular Hbond substituents is 1. The van der Waals surface area contributed by atoms with Gasteiger partial charge in [0.1, 0.15) is 12.2 Å². The molecule has 4 rings (SSSR count). The van der Waals surface area contributed by atoms with Crippen molar-refractivity contribution in [3.05, 3.63) is 35.1 Å². The molecule has 0 aromatic heterocycles. The molecule has 1 heterocycles. The number of aromatic hydroxyl groups is 1. The number of amides is 3. The zero-order valence-corrected chi connectivity index (χ0v) is 30.4. The van der Waals surface area contributed by atoms with Gasteiger partial charge in [0, 0.05) is 63.1 Å². The molecule has 3 amide bonds. The third kappa shape index (κ3) is 10.5. The summed E-state index contributed by atoms with van der Waals surface area (Å²) in [5, 5.41) is 37.3. The molecular formula is C35H55N7O9. The fourth-order valence-electron chi connectivity index (χ4n) is 6.85. The van der Waals surface area contributed by atoms with Gasteiger partial charge in [0.15, 0.2) is 17.5 Å². The third-order valence-corrected chi connectivity index (χ3v) is 9.82. The minimum absolute atomic E-state index is 0.0200. The quantitative estimate of drug-likeness (QED) is 0.0819. The second-order valence-corrected chi connectivity index (χ2v) is 13.5. The Hall–Kier alpha value is -4.57. The standard InChI is InChI=1S/C31H44N4O9.C4H11N3/c1-19-5-8-23(43-4)28(40)27(19)30-11-13-35(18-21-6-7-21)20(2)31(30,42)10-9-22(16-30)44-29(41)34(3)14-12-32-25(37)17-33-24(36)15-26(38)39;1-2-3-7-4(5)6/h5,8-9,20-21,40,42H,6-7,10-18H2,1-4H3,(H,32,37)(H,33,36)(H,38,39);2-3H2,1H3,(H4,5,6,7)/t20?,30?,31-;/m1./s1. The zero-order valence-electron chi connectivity index (χ0n) is 30.4. The van der Waals surface area contributed by atoms with E-state index in [0.717, 1.165) is 25.1 Å². The number of hydrogen-bond acceptors (Lipinski definition) is 10. The Morgan fingerprint density at radius 2 is 1.86 bits per heavy atom. The number of fused-ring (bicyclic) bond motifs is 1. The topological polar surface area (TPSA) is 242 Å². The van der Waals surface area contributed by atoms with E-state index in [1.807, 2.05) is 26.8 Å². The first-order valence-corrected chi connectivity index (χ1v) is 17.3. The van der Waals surface area contributed by atoms with E-state index in [1.54, 1.807) is 12.1 Å². The molecule has 1 saturated heterocycles. The van der Waals surface area contributed by atoms with E-state index < -0.39 is 41.3 Å². The van der Waals surface area contributed by atoms with Crippen LogP contribution in [0.3, 0.4) is 0 Å². The highest BCUT2D eigenvalue weighted by molar-refractivity contribution is 5.95. The van der Waals surface area contributed by atoms with Gasteiger partial charge in [0.25, 0.3) is 0 Å². The smallest absolute Gasteiger partial charge is 0.414 e. The summed E-state index contributed by atoms with van der Waals surface area (Å²) in [6.45, 7) is 8.13. The molecular weight excluding hydrogens is 662 g/mol. The number of likely N-dealkylation sites (tertiary alicyclic amines) is 1. The summed E-state index contributed by atoms with van der Waals surface area (Å²) in [5.41, 5.74) is 9.23. The number of guanidine groups is 1. The summed E-state index contributed by atoms with van der Waals surface area (Å²) in [6.07, 6.45) is 4.74. The van der Waals surface area contributed by atoms with Gasteiger partial charge in [0.05, 0.1) is 19.3 Å². The summed E-state index contributed by atoms with van der Waals surface area (Å²) in [5.74, 6) is -1.09. The van der Waals surface area contributed by atoms with Crippen molar-refractivity contribution in [2.45, 2.75) is 82.8 Å². The van der Waals surface area contributed by atoms with Crippen LogP contribution in [0.15, 0.2) is 29.0 Å². The molecule has 0 spiro atoms. The molecule has 2 aliphatic carbocycles. The number of nitrogens with zero attached hydrogens (tertiary/aromatic N) is 3. The van der Waals surface area contributed by atoms with Crippen LogP contribution >= 0.6 is 0 Å². The molecule has 16 heteroatoms. The summed E-state index contributed by atoms with van der Waals surface area (Å²) < 4.78 is 11.3. The van der Waals surface area contributed by atoms with E-state index in [9.17, 15) is 29.4 Å². The summed E-state index contributed by atoms with van der Waals surface area (Å²) >= 11 is 0. The number of phenols is 1. The van der Waals surface area contributed by atoms with Gasteiger partial charge in [-0.05, 0) is 69.7 Å². The molecule has 1 aromatic carbocycles. The maximum Gasteiger partial charge on any atom is 0.414 e. The van der Waals surface area contributed by atoms with Crippen molar-refractivity contribution >= 4 is 29.8 Å². The number of carbonyl (C=O) groups is 4. The number of hydrogen-bond donors (Lipinski definition) is 7. The van der Waals surface area contributed by atoms with E-state index >= 15 is 0 Å². The maximum atomic E-state index is 13.1. The first-order valence-electron chi connectivity index (χ1n) is 17.3. The van der Waals surface area contributed by atoms with Crippen LogP contribution in [0.1, 0.15) is 69.9 Å². The molecule has 0 bridgehead atoms. The highest BCUT2D eigenvalue weighted by Gasteiger charge is 2.61. The maximum absolute atomic E-state index is 13.1. The average Bonchev–Trinajstić information content (AvgIpc) is 3.89. The number of aliphatic hydroxyl groups is 1. The molecule has 3 atom stereocenters. The Kier molecular flexibility index (Phi) is 14.5. The fourth-order valence-corrected chi connectivity index (χ4v) is 6.85. The Labute approximate surface area is 299 Å². The van der Waals surface area contributed by atoms with Crippen LogP contribution in [0.25, 0.3) is 0 Å². The molecule has 2 fully saturated rings. The first kappa shape index (κ1) is 40.9. The van der Waals surface area contributed by atoms with Crippen LogP contribution in [-0.2, 0) is 24.5 Å². The van der Waals surface area contributed by atoms with Gasteiger partial charge in [0.2, 0.25) is 11.8 Å². The van der Waals surface area contributed by atoms with E-state index in [2.05, 4.69) is 20.5 Å². The third-order valence-electron chi connectivity index (χ3n) is 9.82. The van der Waals surface area contributed by atoms with Crippen molar-refractivity contribution in [1.29, 1.82) is 0 Å². The number of aliphatic carboxylic acids is 1. The predicted molar refractivity (Wildman–Crippen MR) is 190 cm³/mol. The number of carbonyl (C=O) groups excluding carboxylic acids is 3. The number of rotatable bonds is 14. The minimum atomic E-state index is -1.30. The van der Waals surface area contributed by atoms with Gasteiger partial charge in [-0.2, -0.15) is 0 Å². The number of nitrogens with one attached hydrogen (secondary N) is 2. The lowest BCUT2D eigenvalue weighted by atomic mass is 9.54. The van der Waals surface area contributed by atoms with Gasteiger partial charge < -0.3 is 51.8 Å². The van der Waals surface area contributed by atoms with Crippen molar-refractivity contribution in [3.8, 4) is 11.5 Å². The lowest BCUT2D eigenvalue weighted by molar-refractivity contribution is -0.141. The number of benzene rings is 1. The number of ether oxygens (including phenoxy) is 2. The van der Waals surface area contributed by atoms with E-state index in [4.69, 9.17) is 26.0 Å². The lowest BCUT2D eigenvalue weighted by Gasteiger charge is -2.59. The van der Waals surface area contributed by atoms with E-state index in [-0.39, 0.29) is 50.2 Å². The Balaban J connectivity index is 0.000000908. The number of carboxylic acids is 1. The summed E-state index contributed by atoms with van der Waals surface area (Å²) in [4.78, 5) is 54.4. The van der Waals surface area contributed by atoms with Crippen molar-refractivity contribution in [2.24, 2.45) is 22.4 Å². The summed E-state index contributed by atoms with van der Waals surface area (Å²) in [6, 6.07) is 3.36. The number of aryl methyl sites for hydroxylation is 1. The second-order valence-electron chi connectivity index (χ2n) is 13.5. The number of aliphatic imine (C=N–C) groups is 1. The molecule has 2 unspecified atom stereocenters. The Morgan fingerprint density at radius 1 is 1.16 bits per heavy atom. The van der Waals surface area contributed by atoms with Crippen LogP contribution in [0.2, 0.25) is 0 Å². The lowest BCUT2D eigenvalue weighted by Crippen LogP contribution is -2.69. The SMILES string of the molecule is CCCN=C(N)N.COc1ccc(C)c(C23CCN(CC4CC4)C(C)[C@]2(O)CC=C(OC(=O)N(C)CCNC(=O)CNC(=O)CC(=O)O)C3)c1O. The Bertz CT molecular complexity index is 1480. The number of piperidine rings is 1. The van der Waals surface area contributed by atoms with Gasteiger partial charge in [-0.25, -0.2) is 4.79 Å². The van der Waals surface area contributed by atoms with E-state index in [0.29, 0.717) is 36.0 Å². The van der Waals surface area contributed by atoms with Crippen molar-refractivity contribution in [1.82, 2.24) is 20.4 Å². The second kappa shape index (κ2) is 18.1. The molecule has 3 aliphatic rings. The number of methoxy groups -OCH3 is 1. The van der Waals surface area contributed by atoms with Crippen LogP contribution in [0, 0.1) is 12.8 Å². The molecule has 9 N–H and O–H groups in total. The van der Waals surface area contributed by atoms with Crippen LogP contribution in [-0.4, -0.2) is 120 Å². The zero-order chi connectivity index (χ0) is 37.9. The molecule has 51 heavy (non-hydrogen) atoms.